The third-order valence-corrected chi connectivity index (χ3v) is 6.89. The molecule has 0 aliphatic carbocycles. The van der Waals surface area contributed by atoms with E-state index in [4.69, 9.17) is 10.5 Å². The number of primary amides is 1. The Bertz CT molecular complexity index is 1240. The summed E-state index contributed by atoms with van der Waals surface area (Å²) in [5, 5.41) is 0.961. The normalized spacial score (nSPS) is 18.3. The van der Waals surface area contributed by atoms with Gasteiger partial charge in [-0.2, -0.15) is 0 Å². The Morgan fingerprint density at radius 1 is 1.18 bits per heavy atom. The summed E-state index contributed by atoms with van der Waals surface area (Å²) in [5.74, 6) is 0.0704. The molecule has 3 heterocycles. The first kappa shape index (κ1) is 21.3. The maximum Gasteiger partial charge on any atom is 0.250 e. The molecule has 0 radical (unpaired) electrons. The zero-order valence-corrected chi connectivity index (χ0v) is 18.7. The van der Waals surface area contributed by atoms with Crippen LogP contribution in [0.4, 0.5) is 11.4 Å². The van der Waals surface area contributed by atoms with Gasteiger partial charge in [-0.3, -0.25) is 9.59 Å². The number of fused-ring (bicyclic) bond motifs is 1. The van der Waals surface area contributed by atoms with Crippen molar-refractivity contribution in [3.05, 3.63) is 71.9 Å². The number of likely N-dealkylation sites (tertiary alicyclic amines) is 1. The van der Waals surface area contributed by atoms with Crippen molar-refractivity contribution in [1.82, 2.24) is 9.88 Å². The average molecular weight is 445 g/mol. The van der Waals surface area contributed by atoms with Crippen LogP contribution in [-0.2, 0) is 9.53 Å². The Morgan fingerprint density at radius 3 is 2.67 bits per heavy atom. The van der Waals surface area contributed by atoms with Crippen LogP contribution in [0.15, 0.2) is 55.1 Å². The molecule has 1 atom stereocenters. The predicted octanol–water partition coefficient (Wildman–Crippen LogP) is 3.65. The fourth-order valence-electron chi connectivity index (χ4n) is 4.98. The van der Waals surface area contributed by atoms with Crippen LogP contribution in [0.3, 0.4) is 0 Å². The van der Waals surface area contributed by atoms with E-state index in [-0.39, 0.29) is 17.7 Å². The van der Waals surface area contributed by atoms with Gasteiger partial charge in [0.15, 0.2) is 0 Å². The SMILES string of the molecule is C=CC(=O)N1CC(c2ccccc2N(C)c2ccc(C(N)=O)c3[nH]c(C4CCOC4)cc23)C1. The van der Waals surface area contributed by atoms with Crippen molar-refractivity contribution < 1.29 is 14.3 Å². The summed E-state index contributed by atoms with van der Waals surface area (Å²) in [7, 11) is 2.04. The maximum absolute atomic E-state index is 12.1. The summed E-state index contributed by atoms with van der Waals surface area (Å²) in [6, 6.07) is 14.1. The van der Waals surface area contributed by atoms with Crippen LogP contribution >= 0.6 is 0 Å². The van der Waals surface area contributed by atoms with Gasteiger partial charge in [-0.1, -0.05) is 24.8 Å². The zero-order chi connectivity index (χ0) is 23.1. The highest BCUT2D eigenvalue weighted by molar-refractivity contribution is 6.09. The highest BCUT2D eigenvalue weighted by Crippen LogP contribution is 2.40. The van der Waals surface area contributed by atoms with Gasteiger partial charge in [0, 0.05) is 55.3 Å². The van der Waals surface area contributed by atoms with Crippen LogP contribution in [0, 0.1) is 0 Å². The van der Waals surface area contributed by atoms with Crippen molar-refractivity contribution in [1.29, 1.82) is 0 Å². The number of aromatic nitrogens is 1. The number of nitrogens with two attached hydrogens (primary N) is 1. The Labute approximate surface area is 192 Å². The van der Waals surface area contributed by atoms with Crippen molar-refractivity contribution in [2.45, 2.75) is 18.3 Å². The van der Waals surface area contributed by atoms with Gasteiger partial charge in [0.1, 0.15) is 0 Å². The number of nitrogens with zero attached hydrogens (tertiary/aromatic N) is 2. The number of hydrogen-bond acceptors (Lipinski definition) is 4. The molecule has 2 aliphatic heterocycles. The molecule has 1 unspecified atom stereocenters. The third-order valence-electron chi connectivity index (χ3n) is 6.89. The first-order valence-corrected chi connectivity index (χ1v) is 11.2. The minimum atomic E-state index is -0.452. The van der Waals surface area contributed by atoms with E-state index in [0.717, 1.165) is 41.0 Å². The van der Waals surface area contributed by atoms with Crippen molar-refractivity contribution in [3.8, 4) is 0 Å². The lowest BCUT2D eigenvalue weighted by Gasteiger charge is -2.40. The summed E-state index contributed by atoms with van der Waals surface area (Å²) < 4.78 is 5.57. The lowest BCUT2D eigenvalue weighted by atomic mass is 9.89. The van der Waals surface area contributed by atoms with Gasteiger partial charge in [0.2, 0.25) is 5.91 Å². The van der Waals surface area contributed by atoms with E-state index in [0.29, 0.717) is 25.3 Å². The second-order valence-corrected chi connectivity index (χ2v) is 8.83. The molecule has 0 spiro atoms. The second kappa shape index (κ2) is 8.41. The number of carbonyl (C=O) groups is 2. The molecule has 7 heteroatoms. The summed E-state index contributed by atoms with van der Waals surface area (Å²) >= 11 is 0. The molecule has 2 fully saturated rings. The lowest BCUT2D eigenvalue weighted by molar-refractivity contribution is -0.130. The van der Waals surface area contributed by atoms with Gasteiger partial charge in [-0.25, -0.2) is 0 Å². The molecule has 3 aromatic rings. The first-order chi connectivity index (χ1) is 16.0. The lowest BCUT2D eigenvalue weighted by Crippen LogP contribution is -2.48. The van der Waals surface area contributed by atoms with Crippen molar-refractivity contribution in [3.63, 3.8) is 0 Å². The minimum absolute atomic E-state index is 0.0309. The molecule has 3 N–H and O–H groups in total. The predicted molar refractivity (Wildman–Crippen MR) is 129 cm³/mol. The average Bonchev–Trinajstić information content (AvgIpc) is 3.47. The zero-order valence-electron chi connectivity index (χ0n) is 18.7. The van der Waals surface area contributed by atoms with Gasteiger partial charge in [0.25, 0.3) is 5.91 Å². The summed E-state index contributed by atoms with van der Waals surface area (Å²) in [6.45, 7) is 6.37. The highest BCUT2D eigenvalue weighted by Gasteiger charge is 2.32. The number of nitrogens with one attached hydrogen (secondary N) is 1. The molecular weight excluding hydrogens is 416 g/mol. The number of ether oxygens (including phenoxy) is 1. The molecule has 2 amide bonds. The van der Waals surface area contributed by atoms with Crippen LogP contribution < -0.4 is 10.6 Å². The van der Waals surface area contributed by atoms with Crippen LogP contribution in [0.2, 0.25) is 0 Å². The monoisotopic (exact) mass is 444 g/mol. The van der Waals surface area contributed by atoms with Gasteiger partial charge in [-0.15, -0.1) is 0 Å². The van der Waals surface area contributed by atoms with E-state index >= 15 is 0 Å². The largest absolute Gasteiger partial charge is 0.381 e. The molecule has 1 aromatic heterocycles. The number of rotatable bonds is 6. The van der Waals surface area contributed by atoms with E-state index < -0.39 is 5.91 Å². The van der Waals surface area contributed by atoms with E-state index in [1.165, 1.54) is 11.6 Å². The fourth-order valence-corrected chi connectivity index (χ4v) is 4.98. The van der Waals surface area contributed by atoms with Crippen LogP contribution in [-0.4, -0.2) is 55.0 Å². The Morgan fingerprint density at radius 2 is 1.97 bits per heavy atom. The number of para-hydroxylation sites is 1. The molecule has 5 rings (SSSR count). The maximum atomic E-state index is 12.1. The van der Waals surface area contributed by atoms with Crippen molar-refractivity contribution in [2.24, 2.45) is 5.73 Å². The quantitative estimate of drug-likeness (QED) is 0.568. The summed E-state index contributed by atoms with van der Waals surface area (Å²) in [4.78, 5) is 31.4. The molecule has 2 saturated heterocycles. The highest BCUT2D eigenvalue weighted by atomic mass is 16.5. The van der Waals surface area contributed by atoms with Crippen LogP contribution in [0.5, 0.6) is 0 Å². The molecule has 0 bridgehead atoms. The topological polar surface area (TPSA) is 91.7 Å². The van der Waals surface area contributed by atoms with Gasteiger partial charge in [0.05, 0.1) is 23.4 Å². The Balaban J connectivity index is 1.54. The molecule has 2 aromatic carbocycles. The number of carbonyl (C=O) groups excluding carboxylic acids is 2. The standard InChI is InChI=1S/C26H28N4O3/c1-3-24(31)30-13-17(14-30)18-6-4-5-7-22(18)29(2)23-9-8-19(26(27)32)25-20(23)12-21(28-25)16-10-11-33-15-16/h3-9,12,16-17,28H,1,10-11,13-15H2,2H3,(H2,27,32). The molecule has 7 nitrogen and oxygen atoms in total. The van der Waals surface area contributed by atoms with Gasteiger partial charge >= 0.3 is 0 Å². The molecule has 33 heavy (non-hydrogen) atoms. The van der Waals surface area contributed by atoms with E-state index in [9.17, 15) is 9.59 Å². The second-order valence-electron chi connectivity index (χ2n) is 8.83. The molecule has 0 saturated carbocycles. The minimum Gasteiger partial charge on any atom is -0.381 e. The number of aromatic amines is 1. The fraction of sp³-hybridized carbons (Fsp3) is 0.308. The van der Waals surface area contributed by atoms with E-state index in [1.807, 2.05) is 25.2 Å². The van der Waals surface area contributed by atoms with Crippen LogP contribution in [0.1, 0.15) is 39.9 Å². The first-order valence-electron chi connectivity index (χ1n) is 11.2. The number of H-pyrrole nitrogens is 1. The van der Waals surface area contributed by atoms with Crippen molar-refractivity contribution >= 4 is 34.1 Å². The summed E-state index contributed by atoms with van der Waals surface area (Å²) in [5.41, 5.74) is 11.3. The van der Waals surface area contributed by atoms with E-state index in [2.05, 4.69) is 34.7 Å². The molecular formula is C26H28N4O3. The van der Waals surface area contributed by atoms with Gasteiger partial charge < -0.3 is 25.3 Å². The number of anilines is 2. The summed E-state index contributed by atoms with van der Waals surface area (Å²) in [6.07, 6.45) is 2.32. The van der Waals surface area contributed by atoms with Crippen LogP contribution in [0.25, 0.3) is 10.9 Å². The molecule has 2 aliphatic rings. The Hall–Kier alpha value is -3.58. The van der Waals surface area contributed by atoms with E-state index in [1.54, 1.807) is 11.0 Å². The van der Waals surface area contributed by atoms with Gasteiger partial charge in [-0.05, 0) is 42.3 Å². The van der Waals surface area contributed by atoms with Crippen molar-refractivity contribution in [2.75, 3.05) is 38.3 Å². The third kappa shape index (κ3) is 3.68. The number of amides is 2. The Kier molecular flexibility index (Phi) is 5.42. The molecule has 170 valence electrons. The number of hydrogen-bond donors (Lipinski definition) is 2. The smallest absolute Gasteiger partial charge is 0.250 e. The number of benzene rings is 2.